The minimum absolute atomic E-state index is 0. The molecule has 0 atom stereocenters. The van der Waals surface area contributed by atoms with E-state index in [1.54, 1.807) is 6.07 Å². The van der Waals surface area contributed by atoms with E-state index in [1.807, 2.05) is 12.1 Å². The fourth-order valence-corrected chi connectivity index (χ4v) is 1.30. The predicted molar refractivity (Wildman–Crippen MR) is 50.1 cm³/mol. The van der Waals surface area contributed by atoms with Gasteiger partial charge in [0.1, 0.15) is 5.91 Å². The summed E-state index contributed by atoms with van der Waals surface area (Å²) in [5.74, 6) is 0.401. The van der Waals surface area contributed by atoms with E-state index in [2.05, 4.69) is 16.4 Å². The zero-order valence-electron chi connectivity index (χ0n) is 8.23. The second kappa shape index (κ2) is 6.67. The van der Waals surface area contributed by atoms with Crippen LogP contribution in [0.4, 0.5) is 5.69 Å². The molecule has 0 saturated heterocycles. The van der Waals surface area contributed by atoms with Gasteiger partial charge in [-0.05, 0) is 13.3 Å². The molecule has 0 spiro atoms. The molecule has 1 aromatic carbocycles. The number of fused-ring (bicyclic) bond motifs is 1. The standard InChI is InChI=1S/C10H9N2O.W.Y/c1-7(13)11-10-6-8-4-2-3-5-9(8)12-10;;/h2,4-5H,6H2,1H3,(H,11,12,13);;/q-1;;/p-1. The zero-order valence-corrected chi connectivity index (χ0v) is 14.0. The molecule has 0 unspecified atom stereocenters. The number of amides is 1. The normalized spacial score (nSPS) is 14.6. The van der Waals surface area contributed by atoms with Crippen molar-refractivity contribution in [3.05, 3.63) is 35.1 Å². The monoisotopic (exact) mass is 445 g/mol. The third-order valence-corrected chi connectivity index (χ3v) is 1.81. The molecular weight excluding hydrogens is 437 g/mol. The van der Waals surface area contributed by atoms with Gasteiger partial charge >= 0.3 is 0 Å². The van der Waals surface area contributed by atoms with Crippen molar-refractivity contribution >= 4 is 17.4 Å². The number of benzene rings is 1. The van der Waals surface area contributed by atoms with Crippen LogP contribution in [0.2, 0.25) is 0 Å². The van der Waals surface area contributed by atoms with Crippen molar-refractivity contribution in [2.24, 2.45) is 4.99 Å². The van der Waals surface area contributed by atoms with E-state index >= 15 is 0 Å². The summed E-state index contributed by atoms with van der Waals surface area (Å²) in [5.41, 5.74) is 1.99. The van der Waals surface area contributed by atoms with Gasteiger partial charge in [0, 0.05) is 53.8 Å². The molecule has 1 aromatic rings. The van der Waals surface area contributed by atoms with E-state index in [-0.39, 0.29) is 59.7 Å². The summed E-state index contributed by atoms with van der Waals surface area (Å²) in [6.07, 6.45) is 0.656. The molecule has 1 amide bonds. The van der Waals surface area contributed by atoms with Gasteiger partial charge in [-0.1, -0.05) is 5.84 Å². The second-order valence-corrected chi connectivity index (χ2v) is 2.89. The Labute approximate surface area is 128 Å². The van der Waals surface area contributed by atoms with Gasteiger partial charge in [-0.2, -0.15) is 35.5 Å². The van der Waals surface area contributed by atoms with Crippen LogP contribution in [0, 0.1) is 6.07 Å². The third kappa shape index (κ3) is 3.90. The number of nitrogens with zero attached hydrogens (tertiary/aromatic N) is 2. The fourth-order valence-electron chi connectivity index (χ4n) is 1.30. The largest absolute Gasteiger partial charge is 0.502 e. The van der Waals surface area contributed by atoms with Crippen LogP contribution < -0.4 is 0 Å². The molecule has 1 heterocycles. The van der Waals surface area contributed by atoms with Crippen molar-refractivity contribution < 1.29 is 58.6 Å². The summed E-state index contributed by atoms with van der Waals surface area (Å²) in [6.45, 7) is 1.43. The van der Waals surface area contributed by atoms with Crippen molar-refractivity contribution in [3.8, 4) is 0 Å². The average molecular weight is 445 g/mol. The van der Waals surface area contributed by atoms with Gasteiger partial charge in [0.25, 0.3) is 0 Å². The zero-order chi connectivity index (χ0) is 9.26. The molecule has 0 N–H and O–H groups in total. The number of hydrogen-bond acceptors (Lipinski definition) is 1. The van der Waals surface area contributed by atoms with Crippen molar-refractivity contribution in [1.82, 2.24) is 0 Å². The Balaban J connectivity index is 0.000000980. The van der Waals surface area contributed by atoms with Gasteiger partial charge in [-0.3, -0.25) is 4.79 Å². The van der Waals surface area contributed by atoms with Gasteiger partial charge in [-0.25, -0.2) is 0 Å². The molecule has 0 bridgehead atoms. The summed E-state index contributed by atoms with van der Waals surface area (Å²) in [6, 6.07) is 8.52. The minimum atomic E-state index is -0.199. The van der Waals surface area contributed by atoms with Gasteiger partial charge in [0.05, 0.1) is 0 Å². The summed E-state index contributed by atoms with van der Waals surface area (Å²) < 4.78 is 0. The van der Waals surface area contributed by atoms with E-state index in [4.69, 9.17) is 0 Å². The number of aliphatic imine (C=N–C) groups is 1. The second-order valence-electron chi connectivity index (χ2n) is 2.89. The molecule has 0 fully saturated rings. The fraction of sp³-hybridized carbons (Fsp3) is 0.200. The van der Waals surface area contributed by atoms with Crippen LogP contribution >= 0.6 is 0 Å². The third-order valence-electron chi connectivity index (χ3n) is 1.81. The molecule has 5 heteroatoms. The van der Waals surface area contributed by atoms with Crippen LogP contribution in [0.3, 0.4) is 0 Å². The maximum atomic E-state index is 10.7. The first-order valence-electron chi connectivity index (χ1n) is 4.04. The maximum absolute atomic E-state index is 10.7. The van der Waals surface area contributed by atoms with Crippen LogP contribution in [0.1, 0.15) is 12.5 Å². The number of carbonyl (C=O) groups is 1. The molecule has 2 rings (SSSR count). The summed E-state index contributed by atoms with van der Waals surface area (Å²) >= 11 is 0. The Morgan fingerprint density at radius 1 is 1.60 bits per heavy atom. The van der Waals surface area contributed by atoms with Crippen molar-refractivity contribution in [2.75, 3.05) is 0 Å². The van der Waals surface area contributed by atoms with Crippen LogP contribution in [-0.2, 0) is 65.0 Å². The van der Waals surface area contributed by atoms with E-state index in [1.165, 1.54) is 6.92 Å². The van der Waals surface area contributed by atoms with Crippen molar-refractivity contribution in [2.45, 2.75) is 13.3 Å². The maximum Gasteiger partial charge on any atom is 0.143 e. The number of amidine groups is 1. The summed E-state index contributed by atoms with van der Waals surface area (Å²) in [4.78, 5) is 14.5. The SMILES string of the molecule is CC(=O)N=C1Cc2cc[c-]cc2[N-]1.[W].[Y]. The summed E-state index contributed by atoms with van der Waals surface area (Å²) in [5, 5.41) is 4.19. The van der Waals surface area contributed by atoms with E-state index < -0.39 is 0 Å². The topological polar surface area (TPSA) is 43.5 Å². The van der Waals surface area contributed by atoms with Gasteiger partial charge < -0.3 is 10.3 Å². The van der Waals surface area contributed by atoms with Crippen molar-refractivity contribution in [3.63, 3.8) is 0 Å². The number of hydrogen-bond donors (Lipinski definition) is 0. The molecule has 3 nitrogen and oxygen atoms in total. The Morgan fingerprint density at radius 3 is 2.93 bits per heavy atom. The Morgan fingerprint density at radius 2 is 2.33 bits per heavy atom. The predicted octanol–water partition coefficient (Wildman–Crippen LogP) is 1.99. The molecule has 0 aromatic heterocycles. The van der Waals surface area contributed by atoms with E-state index in [0.29, 0.717) is 12.3 Å². The molecular formula is C10H8N2OWY-2. The van der Waals surface area contributed by atoms with Gasteiger partial charge in [0.2, 0.25) is 0 Å². The van der Waals surface area contributed by atoms with Gasteiger partial charge in [0.15, 0.2) is 0 Å². The van der Waals surface area contributed by atoms with Crippen LogP contribution in [0.25, 0.3) is 5.32 Å². The molecule has 0 aliphatic carbocycles. The Bertz CT molecular complexity index is 366. The summed E-state index contributed by atoms with van der Waals surface area (Å²) in [7, 11) is 0. The van der Waals surface area contributed by atoms with Crippen LogP contribution in [0.15, 0.2) is 23.2 Å². The van der Waals surface area contributed by atoms with E-state index in [9.17, 15) is 4.79 Å². The Hall–Kier alpha value is 0.152. The average Bonchev–Trinajstić information content (AvgIpc) is 2.44. The Kier molecular flexibility index (Phi) is 6.74. The van der Waals surface area contributed by atoms with Gasteiger partial charge in [-0.15, -0.1) is 0 Å². The minimum Gasteiger partial charge on any atom is -0.502 e. The molecule has 0 saturated carbocycles. The molecule has 15 heavy (non-hydrogen) atoms. The molecule has 75 valence electrons. The molecule has 1 aliphatic rings. The number of carbonyl (C=O) groups excluding carboxylic acids is 1. The van der Waals surface area contributed by atoms with Crippen LogP contribution in [0.5, 0.6) is 0 Å². The van der Waals surface area contributed by atoms with Crippen LogP contribution in [-0.4, -0.2) is 11.7 Å². The first-order chi connectivity index (χ1) is 6.25. The van der Waals surface area contributed by atoms with Crippen molar-refractivity contribution in [1.29, 1.82) is 0 Å². The first kappa shape index (κ1) is 15.2. The van der Waals surface area contributed by atoms with E-state index in [0.717, 1.165) is 11.3 Å². The number of rotatable bonds is 0. The molecule has 1 aliphatic heterocycles. The first-order valence-corrected chi connectivity index (χ1v) is 4.04. The smallest absolute Gasteiger partial charge is 0.143 e. The quantitative estimate of drug-likeness (QED) is 0.564. The molecule has 1 radical (unpaired) electrons.